The summed E-state index contributed by atoms with van der Waals surface area (Å²) in [7, 11) is 1.87. The van der Waals surface area contributed by atoms with Crippen LogP contribution in [0.25, 0.3) is 22.2 Å². The molecule has 0 unspecified atom stereocenters. The molecule has 0 aliphatic carbocycles. The molecule has 1 N–H and O–H groups in total. The average molecular weight is 377 g/mol. The molecule has 6 nitrogen and oxygen atoms in total. The molecule has 4 rings (SSSR count). The first kappa shape index (κ1) is 17.2. The summed E-state index contributed by atoms with van der Waals surface area (Å²) in [6.45, 7) is 1.91. The number of hydrogen-bond donors (Lipinski definition) is 1. The fourth-order valence-corrected chi connectivity index (χ4v) is 3.06. The molecule has 134 valence electrons. The van der Waals surface area contributed by atoms with E-state index in [0.29, 0.717) is 11.0 Å². The zero-order valence-electron chi connectivity index (χ0n) is 14.9. The number of anilines is 1. The Bertz CT molecular complexity index is 1130. The van der Waals surface area contributed by atoms with E-state index in [0.717, 1.165) is 33.6 Å². The summed E-state index contributed by atoms with van der Waals surface area (Å²) >= 11 is 6.19. The van der Waals surface area contributed by atoms with Gasteiger partial charge in [0.1, 0.15) is 0 Å². The molecule has 0 aliphatic heterocycles. The van der Waals surface area contributed by atoms with Crippen molar-refractivity contribution in [1.29, 1.82) is 0 Å². The fraction of sp³-hybridized carbons (Fsp3) is 0.100. The van der Waals surface area contributed by atoms with Gasteiger partial charge in [0.05, 0.1) is 22.6 Å². The van der Waals surface area contributed by atoms with Crippen molar-refractivity contribution in [3.8, 4) is 11.3 Å². The first-order chi connectivity index (χ1) is 13.1. The zero-order chi connectivity index (χ0) is 18.8. The lowest BCUT2D eigenvalue weighted by molar-refractivity contribution is 0.759. The molecule has 27 heavy (non-hydrogen) atoms. The number of rotatable bonds is 4. The van der Waals surface area contributed by atoms with Gasteiger partial charge in [-0.2, -0.15) is 10.2 Å². The highest BCUT2D eigenvalue weighted by atomic mass is 35.5. The van der Waals surface area contributed by atoms with Gasteiger partial charge in [-0.3, -0.25) is 4.68 Å². The maximum Gasteiger partial charge on any atom is 0.244 e. The second kappa shape index (κ2) is 7.17. The van der Waals surface area contributed by atoms with Crippen molar-refractivity contribution in [2.24, 2.45) is 12.1 Å². The van der Waals surface area contributed by atoms with Crippen LogP contribution in [0.2, 0.25) is 5.02 Å². The van der Waals surface area contributed by atoms with E-state index in [-0.39, 0.29) is 0 Å². The molecule has 0 saturated carbocycles. The molecule has 0 bridgehead atoms. The van der Waals surface area contributed by atoms with Crippen LogP contribution >= 0.6 is 11.6 Å². The van der Waals surface area contributed by atoms with Crippen LogP contribution < -0.4 is 5.43 Å². The van der Waals surface area contributed by atoms with Crippen LogP contribution in [0.1, 0.15) is 12.6 Å². The van der Waals surface area contributed by atoms with Crippen LogP contribution in [0.4, 0.5) is 5.95 Å². The summed E-state index contributed by atoms with van der Waals surface area (Å²) in [5.41, 5.74) is 7.26. The van der Waals surface area contributed by atoms with Crippen LogP contribution in [0.15, 0.2) is 65.9 Å². The van der Waals surface area contributed by atoms with Gasteiger partial charge >= 0.3 is 0 Å². The van der Waals surface area contributed by atoms with Gasteiger partial charge in [0, 0.05) is 29.2 Å². The van der Waals surface area contributed by atoms with Crippen molar-refractivity contribution in [3.63, 3.8) is 0 Å². The van der Waals surface area contributed by atoms with Gasteiger partial charge in [-0.15, -0.1) is 0 Å². The minimum absolute atomic E-state index is 0.421. The van der Waals surface area contributed by atoms with E-state index in [1.54, 1.807) is 10.9 Å². The Morgan fingerprint density at radius 3 is 2.63 bits per heavy atom. The summed E-state index contributed by atoms with van der Waals surface area (Å²) < 4.78 is 1.76. The molecule has 0 spiro atoms. The van der Waals surface area contributed by atoms with Gasteiger partial charge < -0.3 is 0 Å². The fourth-order valence-electron chi connectivity index (χ4n) is 2.89. The average Bonchev–Trinajstić information content (AvgIpc) is 3.12. The van der Waals surface area contributed by atoms with Gasteiger partial charge in [0.2, 0.25) is 5.95 Å². The number of halogens is 1. The summed E-state index contributed by atoms with van der Waals surface area (Å²) in [5.74, 6) is 0.421. The smallest absolute Gasteiger partial charge is 0.244 e. The van der Waals surface area contributed by atoms with Gasteiger partial charge in [-0.05, 0) is 31.2 Å². The van der Waals surface area contributed by atoms with Crippen molar-refractivity contribution >= 4 is 34.2 Å². The number of nitrogens with zero attached hydrogens (tertiary/aromatic N) is 5. The monoisotopic (exact) mass is 376 g/mol. The lowest BCUT2D eigenvalue weighted by atomic mass is 10.1. The summed E-state index contributed by atoms with van der Waals surface area (Å²) in [4.78, 5) is 9.25. The maximum absolute atomic E-state index is 6.19. The van der Waals surface area contributed by atoms with Crippen molar-refractivity contribution in [3.05, 3.63) is 71.5 Å². The molecule has 0 saturated heterocycles. The third kappa shape index (κ3) is 3.52. The Labute approximate surface area is 161 Å². The number of benzene rings is 2. The minimum atomic E-state index is 0.421. The lowest BCUT2D eigenvalue weighted by Crippen LogP contribution is -2.07. The Morgan fingerprint density at radius 1 is 1.07 bits per heavy atom. The number of fused-ring (bicyclic) bond motifs is 1. The van der Waals surface area contributed by atoms with Crippen LogP contribution in [0.5, 0.6) is 0 Å². The molecule has 2 aromatic carbocycles. The largest absolute Gasteiger partial charge is 0.267 e. The van der Waals surface area contributed by atoms with E-state index in [9.17, 15) is 0 Å². The SMILES string of the molecule is C/C(=N/Nc1nc(-c2ccccc2)c2cc(Cl)ccc2n1)c1ccnn1C. The van der Waals surface area contributed by atoms with E-state index < -0.39 is 0 Å². The van der Waals surface area contributed by atoms with E-state index in [1.165, 1.54) is 0 Å². The standard InChI is InChI=1S/C20H17ClN6/c1-13(18-10-11-22-27(18)2)25-26-20-23-17-9-8-15(21)12-16(17)19(24-20)14-6-4-3-5-7-14/h3-12H,1-2H3,(H,23,24,26)/b25-13-. The summed E-state index contributed by atoms with van der Waals surface area (Å²) in [5, 5.41) is 10.1. The topological polar surface area (TPSA) is 68.0 Å². The molecule has 4 aromatic rings. The third-order valence-electron chi connectivity index (χ3n) is 4.22. The Kier molecular flexibility index (Phi) is 4.56. The second-order valence-corrected chi connectivity index (χ2v) is 6.51. The predicted molar refractivity (Wildman–Crippen MR) is 109 cm³/mol. The molecule has 7 heteroatoms. The first-order valence-electron chi connectivity index (χ1n) is 8.43. The molecule has 0 aliphatic rings. The first-order valence-corrected chi connectivity index (χ1v) is 8.81. The zero-order valence-corrected chi connectivity index (χ0v) is 15.6. The van der Waals surface area contributed by atoms with Crippen LogP contribution in [0.3, 0.4) is 0 Å². The lowest BCUT2D eigenvalue weighted by Gasteiger charge is -2.09. The highest BCUT2D eigenvalue weighted by Gasteiger charge is 2.11. The number of aryl methyl sites for hydroxylation is 1. The summed E-state index contributed by atoms with van der Waals surface area (Å²) in [6.07, 6.45) is 1.73. The normalized spacial score (nSPS) is 11.7. The van der Waals surface area contributed by atoms with Crippen LogP contribution in [-0.2, 0) is 7.05 Å². The number of aromatic nitrogens is 4. The van der Waals surface area contributed by atoms with E-state index >= 15 is 0 Å². The van der Waals surface area contributed by atoms with Gasteiger partial charge in [-0.1, -0.05) is 41.9 Å². The molecule has 2 heterocycles. The van der Waals surface area contributed by atoms with Crippen molar-refractivity contribution < 1.29 is 0 Å². The van der Waals surface area contributed by atoms with E-state index in [2.05, 4.69) is 25.6 Å². The Morgan fingerprint density at radius 2 is 1.89 bits per heavy atom. The van der Waals surface area contributed by atoms with Crippen molar-refractivity contribution in [1.82, 2.24) is 19.7 Å². The second-order valence-electron chi connectivity index (χ2n) is 6.07. The van der Waals surface area contributed by atoms with Crippen molar-refractivity contribution in [2.45, 2.75) is 6.92 Å². The number of hydrazone groups is 1. The van der Waals surface area contributed by atoms with Gasteiger partial charge in [0.25, 0.3) is 0 Å². The molecule has 0 atom stereocenters. The highest BCUT2D eigenvalue weighted by Crippen LogP contribution is 2.29. The minimum Gasteiger partial charge on any atom is -0.267 e. The van der Waals surface area contributed by atoms with Crippen LogP contribution in [0, 0.1) is 0 Å². The van der Waals surface area contributed by atoms with Crippen LogP contribution in [-0.4, -0.2) is 25.5 Å². The van der Waals surface area contributed by atoms with Gasteiger partial charge in [-0.25, -0.2) is 15.4 Å². The molecule has 0 amide bonds. The Balaban J connectivity index is 1.78. The molecular weight excluding hydrogens is 360 g/mol. The molecular formula is C20H17ClN6. The predicted octanol–water partition coefficient (Wildman–Crippen LogP) is 4.52. The maximum atomic E-state index is 6.19. The molecule has 0 radical (unpaired) electrons. The number of nitrogens with one attached hydrogen (secondary N) is 1. The van der Waals surface area contributed by atoms with Gasteiger partial charge in [0.15, 0.2) is 0 Å². The molecule has 0 fully saturated rings. The highest BCUT2D eigenvalue weighted by molar-refractivity contribution is 6.31. The van der Waals surface area contributed by atoms with E-state index in [4.69, 9.17) is 11.6 Å². The third-order valence-corrected chi connectivity index (χ3v) is 4.46. The summed E-state index contributed by atoms with van der Waals surface area (Å²) in [6, 6.07) is 17.4. The van der Waals surface area contributed by atoms with E-state index in [1.807, 2.05) is 68.6 Å². The molecule has 2 aromatic heterocycles. The van der Waals surface area contributed by atoms with Crippen molar-refractivity contribution in [2.75, 3.05) is 5.43 Å². The number of hydrogen-bond acceptors (Lipinski definition) is 5. The quantitative estimate of drug-likeness (QED) is 0.420. The Hall–Kier alpha value is -3.25.